The number of nitrogens with zero attached hydrogens (tertiary/aromatic N) is 1. The molecule has 0 saturated carbocycles. The molecule has 16 heavy (non-hydrogen) atoms. The first kappa shape index (κ1) is 13.5. The second kappa shape index (κ2) is 6.27. The van der Waals surface area contributed by atoms with E-state index in [0.717, 1.165) is 11.4 Å². The van der Waals surface area contributed by atoms with Crippen LogP contribution in [0.4, 0.5) is 5.69 Å². The van der Waals surface area contributed by atoms with E-state index in [4.69, 9.17) is 23.2 Å². The molecular formula is C13H17Cl2N. The first-order valence-corrected chi connectivity index (χ1v) is 6.31. The summed E-state index contributed by atoms with van der Waals surface area (Å²) in [6, 6.07) is 9.76. The third-order valence-corrected chi connectivity index (χ3v) is 3.15. The van der Waals surface area contributed by atoms with Gasteiger partial charge in [-0.05, 0) is 24.0 Å². The minimum atomic E-state index is -0.544. The predicted octanol–water partition coefficient (Wildman–Crippen LogP) is 4.85. The highest BCUT2D eigenvalue weighted by Gasteiger charge is 2.20. The Bertz CT molecular complexity index is 344. The lowest BCUT2D eigenvalue weighted by Gasteiger charge is -2.19. The number of para-hydroxylation sites is 1. The molecule has 0 bridgehead atoms. The fourth-order valence-corrected chi connectivity index (χ4v) is 1.84. The minimum absolute atomic E-state index is 0.278. The summed E-state index contributed by atoms with van der Waals surface area (Å²) >= 11 is 11.9. The van der Waals surface area contributed by atoms with E-state index in [-0.39, 0.29) is 5.92 Å². The van der Waals surface area contributed by atoms with E-state index in [1.54, 1.807) is 0 Å². The molecule has 0 radical (unpaired) electrons. The quantitative estimate of drug-likeness (QED) is 0.540. The molecule has 1 unspecified atom stereocenters. The van der Waals surface area contributed by atoms with Gasteiger partial charge >= 0.3 is 0 Å². The lowest BCUT2D eigenvalue weighted by Crippen LogP contribution is -2.22. The molecule has 1 aromatic carbocycles. The molecule has 0 aliphatic heterocycles. The molecule has 0 amide bonds. The van der Waals surface area contributed by atoms with Crippen LogP contribution in [-0.2, 0) is 0 Å². The van der Waals surface area contributed by atoms with Crippen LogP contribution in [0.25, 0.3) is 0 Å². The van der Waals surface area contributed by atoms with Gasteiger partial charge in [0, 0.05) is 0 Å². The molecule has 1 aromatic rings. The van der Waals surface area contributed by atoms with Gasteiger partial charge < -0.3 is 0 Å². The van der Waals surface area contributed by atoms with Gasteiger partial charge in [0.2, 0.25) is 0 Å². The van der Waals surface area contributed by atoms with E-state index >= 15 is 0 Å². The van der Waals surface area contributed by atoms with Gasteiger partial charge in [0.05, 0.1) is 11.4 Å². The fraction of sp³-hybridized carbons (Fsp3) is 0.462. The Morgan fingerprint density at radius 3 is 2.06 bits per heavy atom. The van der Waals surface area contributed by atoms with E-state index in [9.17, 15) is 0 Å². The lowest BCUT2D eigenvalue weighted by molar-refractivity contribution is 0.529. The van der Waals surface area contributed by atoms with Gasteiger partial charge in [0.25, 0.3) is 0 Å². The van der Waals surface area contributed by atoms with Crippen molar-refractivity contribution >= 4 is 34.6 Å². The van der Waals surface area contributed by atoms with Crippen LogP contribution in [0.15, 0.2) is 35.3 Å². The number of hydrogen-bond donors (Lipinski definition) is 0. The van der Waals surface area contributed by atoms with Gasteiger partial charge in [-0.3, -0.25) is 4.99 Å². The third kappa shape index (κ3) is 3.80. The summed E-state index contributed by atoms with van der Waals surface area (Å²) in [6.07, 6.45) is 0. The van der Waals surface area contributed by atoms with Gasteiger partial charge in [-0.1, -0.05) is 62.2 Å². The number of aliphatic imine (C=N–C) groups is 1. The van der Waals surface area contributed by atoms with E-state index < -0.39 is 4.84 Å². The van der Waals surface area contributed by atoms with E-state index in [0.29, 0.717) is 5.92 Å². The topological polar surface area (TPSA) is 12.4 Å². The van der Waals surface area contributed by atoms with Crippen molar-refractivity contribution in [2.75, 3.05) is 0 Å². The van der Waals surface area contributed by atoms with Crippen LogP contribution in [0.5, 0.6) is 0 Å². The van der Waals surface area contributed by atoms with Crippen LogP contribution < -0.4 is 0 Å². The summed E-state index contributed by atoms with van der Waals surface area (Å²) in [7, 11) is 0. The molecule has 0 aromatic heterocycles. The molecule has 1 rings (SSSR count). The van der Waals surface area contributed by atoms with Gasteiger partial charge in [-0.2, -0.15) is 0 Å². The summed E-state index contributed by atoms with van der Waals surface area (Å²) < 4.78 is 0. The summed E-state index contributed by atoms with van der Waals surface area (Å²) in [6.45, 7) is 6.38. The summed E-state index contributed by atoms with van der Waals surface area (Å²) in [5, 5.41) is 0. The van der Waals surface area contributed by atoms with Gasteiger partial charge in [-0.25, -0.2) is 0 Å². The van der Waals surface area contributed by atoms with E-state index in [1.807, 2.05) is 30.3 Å². The maximum atomic E-state index is 5.97. The fourth-order valence-electron chi connectivity index (χ4n) is 1.34. The second-order valence-corrected chi connectivity index (χ2v) is 5.30. The van der Waals surface area contributed by atoms with E-state index in [1.165, 1.54) is 0 Å². The smallest absolute Gasteiger partial charge is 0.146 e. The van der Waals surface area contributed by atoms with Crippen LogP contribution in [0, 0.1) is 11.8 Å². The monoisotopic (exact) mass is 257 g/mol. The molecule has 1 nitrogen and oxygen atoms in total. The molecular weight excluding hydrogens is 241 g/mol. The molecule has 0 spiro atoms. The first-order valence-electron chi connectivity index (χ1n) is 5.44. The molecule has 0 fully saturated rings. The maximum absolute atomic E-state index is 5.97. The van der Waals surface area contributed by atoms with Crippen LogP contribution in [0.3, 0.4) is 0 Å². The zero-order valence-corrected chi connectivity index (χ0v) is 11.3. The molecule has 0 saturated heterocycles. The third-order valence-electron chi connectivity index (χ3n) is 2.70. The Morgan fingerprint density at radius 1 is 1.06 bits per heavy atom. The van der Waals surface area contributed by atoms with Crippen molar-refractivity contribution in [1.29, 1.82) is 0 Å². The molecule has 88 valence electrons. The Kier molecular flexibility index (Phi) is 5.30. The molecule has 1 atom stereocenters. The van der Waals surface area contributed by atoms with Crippen molar-refractivity contribution in [1.82, 2.24) is 0 Å². The number of rotatable bonds is 4. The second-order valence-electron chi connectivity index (χ2n) is 4.21. The lowest BCUT2D eigenvalue weighted by atomic mass is 9.93. The van der Waals surface area contributed by atoms with Crippen molar-refractivity contribution in [3.8, 4) is 0 Å². The molecule has 0 N–H and O–H groups in total. The zero-order chi connectivity index (χ0) is 12.1. The normalized spacial score (nSPS) is 14.6. The summed E-state index contributed by atoms with van der Waals surface area (Å²) in [4.78, 5) is 3.99. The number of halogens is 2. The molecule has 0 aliphatic rings. The summed E-state index contributed by atoms with van der Waals surface area (Å²) in [5.74, 6) is 0.752. The average Bonchev–Trinajstić information content (AvgIpc) is 2.26. The van der Waals surface area contributed by atoms with Crippen molar-refractivity contribution in [3.63, 3.8) is 0 Å². The SMILES string of the molecule is CC(C)C(C)C(=Nc1ccccc1)C(Cl)Cl. The number of alkyl halides is 2. The van der Waals surface area contributed by atoms with Gasteiger partial charge in [0.15, 0.2) is 0 Å². The van der Waals surface area contributed by atoms with Gasteiger partial charge in [0.1, 0.15) is 4.84 Å². The highest BCUT2D eigenvalue weighted by Crippen LogP contribution is 2.23. The van der Waals surface area contributed by atoms with Gasteiger partial charge in [-0.15, -0.1) is 0 Å². The van der Waals surface area contributed by atoms with Crippen LogP contribution >= 0.6 is 23.2 Å². The Hall–Kier alpha value is -0.530. The number of hydrogen-bond acceptors (Lipinski definition) is 1. The van der Waals surface area contributed by atoms with Crippen LogP contribution in [0.1, 0.15) is 20.8 Å². The average molecular weight is 258 g/mol. The Balaban J connectivity index is 2.99. The standard InChI is InChI=1S/C13H17Cl2N/c1-9(2)10(3)12(13(14)15)16-11-7-5-4-6-8-11/h4-10,13H,1-3H3. The van der Waals surface area contributed by atoms with Crippen molar-refractivity contribution < 1.29 is 0 Å². The minimum Gasteiger partial charge on any atom is -0.255 e. The van der Waals surface area contributed by atoms with Crippen molar-refractivity contribution in [2.24, 2.45) is 16.8 Å². The van der Waals surface area contributed by atoms with Crippen LogP contribution in [-0.4, -0.2) is 10.5 Å². The number of benzene rings is 1. The predicted molar refractivity (Wildman–Crippen MR) is 73.0 cm³/mol. The molecule has 3 heteroatoms. The molecule has 0 heterocycles. The highest BCUT2D eigenvalue weighted by atomic mass is 35.5. The zero-order valence-electron chi connectivity index (χ0n) is 9.82. The first-order chi connectivity index (χ1) is 7.52. The highest BCUT2D eigenvalue weighted by molar-refractivity contribution is 6.54. The van der Waals surface area contributed by atoms with Crippen LogP contribution in [0.2, 0.25) is 0 Å². The Morgan fingerprint density at radius 2 is 1.62 bits per heavy atom. The Labute approximate surface area is 107 Å². The van der Waals surface area contributed by atoms with Crippen molar-refractivity contribution in [2.45, 2.75) is 25.6 Å². The maximum Gasteiger partial charge on any atom is 0.146 e. The summed E-state index contributed by atoms with van der Waals surface area (Å²) in [5.41, 5.74) is 1.74. The largest absolute Gasteiger partial charge is 0.255 e. The molecule has 0 aliphatic carbocycles. The van der Waals surface area contributed by atoms with E-state index in [2.05, 4.69) is 25.8 Å². The van der Waals surface area contributed by atoms with Crippen molar-refractivity contribution in [3.05, 3.63) is 30.3 Å².